The van der Waals surface area contributed by atoms with Gasteiger partial charge in [0.2, 0.25) is 0 Å². The molecule has 0 saturated carbocycles. The van der Waals surface area contributed by atoms with E-state index in [1.807, 2.05) is 6.92 Å². The summed E-state index contributed by atoms with van der Waals surface area (Å²) >= 11 is 0. The van der Waals surface area contributed by atoms with Crippen molar-refractivity contribution in [3.63, 3.8) is 0 Å². The molecule has 0 atom stereocenters. The molecule has 1 rings (SSSR count). The van der Waals surface area contributed by atoms with E-state index in [2.05, 4.69) is 10.2 Å². The summed E-state index contributed by atoms with van der Waals surface area (Å²) in [6, 6.07) is 0. The van der Waals surface area contributed by atoms with Gasteiger partial charge in [0.25, 0.3) is 5.16 Å². The molecule has 14 heavy (non-hydrogen) atoms. The molecule has 0 amide bonds. The molecule has 0 spiro atoms. The highest BCUT2D eigenvalue weighted by Gasteiger charge is 2.21. The van der Waals surface area contributed by atoms with Gasteiger partial charge >= 0.3 is 10.2 Å². The molecule has 0 aliphatic carbocycles. The zero-order chi connectivity index (χ0) is 10.8. The molecule has 0 saturated heterocycles. The number of nitrogens with zero attached hydrogens (tertiary/aromatic N) is 3. The highest BCUT2D eigenvalue weighted by Crippen LogP contribution is 2.12. The lowest BCUT2D eigenvalue weighted by Gasteiger charge is -2.03. The fourth-order valence-corrected chi connectivity index (χ4v) is 1.74. The average Bonchev–Trinajstić information content (AvgIpc) is 2.42. The number of aryl methyl sites for hydroxylation is 1. The van der Waals surface area contributed by atoms with E-state index in [0.717, 1.165) is 12.8 Å². The maximum absolute atomic E-state index is 12.7. The van der Waals surface area contributed by atoms with E-state index in [1.165, 1.54) is 4.57 Å². The van der Waals surface area contributed by atoms with Crippen molar-refractivity contribution in [2.75, 3.05) is 0 Å². The van der Waals surface area contributed by atoms with Crippen LogP contribution in [0.5, 0.6) is 0 Å². The molecule has 0 radical (unpaired) electrons. The van der Waals surface area contributed by atoms with Gasteiger partial charge in [0.15, 0.2) is 0 Å². The first kappa shape index (κ1) is 11.1. The van der Waals surface area contributed by atoms with Crippen molar-refractivity contribution in [1.82, 2.24) is 14.8 Å². The lowest BCUT2D eigenvalue weighted by molar-refractivity contribution is 0.510. The van der Waals surface area contributed by atoms with Crippen molar-refractivity contribution < 1.29 is 12.3 Å². The van der Waals surface area contributed by atoms with Gasteiger partial charge in [-0.1, -0.05) is 17.2 Å². The number of unbranched alkanes of at least 4 members (excludes halogenated alkanes) is 1. The Labute approximate surface area is 82.2 Å². The van der Waals surface area contributed by atoms with Gasteiger partial charge in [-0.25, -0.2) is 0 Å². The predicted molar refractivity (Wildman–Crippen MR) is 48.0 cm³/mol. The maximum Gasteiger partial charge on any atom is 0.368 e. The minimum atomic E-state index is -4.75. The summed E-state index contributed by atoms with van der Waals surface area (Å²) in [4.78, 5) is 0. The summed E-state index contributed by atoms with van der Waals surface area (Å²) in [6.07, 6.45) is 1.66. The lowest BCUT2D eigenvalue weighted by Crippen LogP contribution is -2.08. The minimum Gasteiger partial charge on any atom is -0.300 e. The van der Waals surface area contributed by atoms with Crippen molar-refractivity contribution in [2.45, 2.75) is 38.4 Å². The standard InChI is InChI=1S/C7H12FN3O2S/c1-3-4-5-11-6(2)9-10-7(11)14(8,12)13/h3-5H2,1-2H3. The summed E-state index contributed by atoms with van der Waals surface area (Å²) in [5.74, 6) is 0.412. The van der Waals surface area contributed by atoms with E-state index in [-0.39, 0.29) is 0 Å². The van der Waals surface area contributed by atoms with Gasteiger partial charge in [-0.15, -0.1) is 10.2 Å². The van der Waals surface area contributed by atoms with Crippen LogP contribution in [0, 0.1) is 6.92 Å². The molecule has 0 N–H and O–H groups in total. The van der Waals surface area contributed by atoms with Gasteiger partial charge in [0, 0.05) is 6.54 Å². The Balaban J connectivity index is 3.07. The van der Waals surface area contributed by atoms with Crippen LogP contribution in [0.15, 0.2) is 5.16 Å². The van der Waals surface area contributed by atoms with Gasteiger partial charge in [-0.2, -0.15) is 8.42 Å². The van der Waals surface area contributed by atoms with E-state index in [1.54, 1.807) is 6.92 Å². The van der Waals surface area contributed by atoms with Crippen molar-refractivity contribution >= 4 is 10.2 Å². The van der Waals surface area contributed by atoms with Crippen molar-refractivity contribution in [3.8, 4) is 0 Å². The minimum absolute atomic E-state index is 0.412. The number of hydrogen-bond donors (Lipinski definition) is 0. The van der Waals surface area contributed by atoms with Crippen LogP contribution in [0.25, 0.3) is 0 Å². The second-order valence-corrected chi connectivity index (χ2v) is 4.21. The second kappa shape index (κ2) is 4.04. The SMILES string of the molecule is CCCCn1c(C)nnc1S(=O)(=O)F. The number of aromatic nitrogens is 3. The van der Waals surface area contributed by atoms with Crippen LogP contribution in [-0.2, 0) is 16.8 Å². The molecule has 0 aliphatic heterocycles. The Hall–Kier alpha value is -0.980. The monoisotopic (exact) mass is 221 g/mol. The smallest absolute Gasteiger partial charge is 0.300 e. The van der Waals surface area contributed by atoms with Crippen LogP contribution < -0.4 is 0 Å². The largest absolute Gasteiger partial charge is 0.368 e. The zero-order valence-electron chi connectivity index (χ0n) is 8.07. The van der Waals surface area contributed by atoms with Gasteiger partial charge in [0.05, 0.1) is 0 Å². The highest BCUT2D eigenvalue weighted by molar-refractivity contribution is 7.86. The Morgan fingerprint density at radius 3 is 2.57 bits per heavy atom. The van der Waals surface area contributed by atoms with Gasteiger partial charge < -0.3 is 0 Å². The van der Waals surface area contributed by atoms with E-state index in [9.17, 15) is 12.3 Å². The topological polar surface area (TPSA) is 64.8 Å². The van der Waals surface area contributed by atoms with Crippen LogP contribution in [0.2, 0.25) is 0 Å². The third-order valence-corrected chi connectivity index (χ3v) is 2.59. The van der Waals surface area contributed by atoms with Gasteiger partial charge in [-0.3, -0.25) is 4.57 Å². The average molecular weight is 221 g/mol. The third kappa shape index (κ3) is 2.28. The Bertz CT molecular complexity index is 413. The Morgan fingerprint density at radius 1 is 1.43 bits per heavy atom. The fourth-order valence-electron chi connectivity index (χ4n) is 1.12. The van der Waals surface area contributed by atoms with E-state index < -0.39 is 15.4 Å². The van der Waals surface area contributed by atoms with Crippen LogP contribution >= 0.6 is 0 Å². The number of rotatable bonds is 4. The van der Waals surface area contributed by atoms with Gasteiger partial charge in [0.1, 0.15) is 5.82 Å². The second-order valence-electron chi connectivity index (χ2n) is 2.97. The molecule has 0 aromatic carbocycles. The third-order valence-electron chi connectivity index (χ3n) is 1.86. The Morgan fingerprint density at radius 2 is 2.07 bits per heavy atom. The van der Waals surface area contributed by atoms with Crippen molar-refractivity contribution in [3.05, 3.63) is 5.82 Å². The van der Waals surface area contributed by atoms with E-state index in [0.29, 0.717) is 12.4 Å². The molecular formula is C7H12FN3O2S. The molecule has 1 aromatic heterocycles. The summed E-state index contributed by atoms with van der Waals surface area (Å²) in [5, 5.41) is 6.23. The number of halogens is 1. The first-order valence-electron chi connectivity index (χ1n) is 4.31. The molecule has 1 aromatic rings. The highest BCUT2D eigenvalue weighted by atomic mass is 32.3. The zero-order valence-corrected chi connectivity index (χ0v) is 8.88. The molecule has 1 heterocycles. The summed E-state index contributed by atoms with van der Waals surface area (Å²) in [5.41, 5.74) is 0. The van der Waals surface area contributed by atoms with Crippen LogP contribution in [0.1, 0.15) is 25.6 Å². The van der Waals surface area contributed by atoms with Crippen LogP contribution in [-0.4, -0.2) is 23.2 Å². The van der Waals surface area contributed by atoms with Crippen LogP contribution in [0.4, 0.5) is 3.89 Å². The van der Waals surface area contributed by atoms with E-state index in [4.69, 9.17) is 0 Å². The maximum atomic E-state index is 12.7. The van der Waals surface area contributed by atoms with E-state index >= 15 is 0 Å². The quantitative estimate of drug-likeness (QED) is 0.713. The summed E-state index contributed by atoms with van der Waals surface area (Å²) in [7, 11) is -4.75. The predicted octanol–water partition coefficient (Wildman–Crippen LogP) is 1.04. The first-order valence-corrected chi connectivity index (χ1v) is 5.69. The van der Waals surface area contributed by atoms with Crippen LogP contribution in [0.3, 0.4) is 0 Å². The van der Waals surface area contributed by atoms with Gasteiger partial charge in [-0.05, 0) is 13.3 Å². The molecule has 0 aliphatic rings. The number of hydrogen-bond acceptors (Lipinski definition) is 4. The molecule has 5 nitrogen and oxygen atoms in total. The fraction of sp³-hybridized carbons (Fsp3) is 0.714. The Kier molecular flexibility index (Phi) is 3.20. The normalized spacial score (nSPS) is 11.9. The molecular weight excluding hydrogens is 209 g/mol. The molecule has 7 heteroatoms. The molecule has 0 bridgehead atoms. The first-order chi connectivity index (χ1) is 6.46. The van der Waals surface area contributed by atoms with Crippen molar-refractivity contribution in [2.24, 2.45) is 0 Å². The molecule has 0 fully saturated rings. The lowest BCUT2D eigenvalue weighted by atomic mass is 10.3. The molecule has 0 unspecified atom stereocenters. The summed E-state index contributed by atoms with van der Waals surface area (Å²) in [6.45, 7) is 3.98. The molecule has 80 valence electrons. The van der Waals surface area contributed by atoms with Crippen molar-refractivity contribution in [1.29, 1.82) is 0 Å². The summed E-state index contributed by atoms with van der Waals surface area (Å²) < 4.78 is 35.2.